The van der Waals surface area contributed by atoms with Gasteiger partial charge in [-0.05, 0) is 36.5 Å². The van der Waals surface area contributed by atoms with Crippen molar-refractivity contribution < 1.29 is 14.9 Å². The number of fused-ring (bicyclic) bond motifs is 1. The molecule has 1 aromatic rings. The van der Waals surface area contributed by atoms with Crippen LogP contribution in [-0.4, -0.2) is 36.6 Å². The molecule has 0 aliphatic heterocycles. The maximum atomic E-state index is 9.80. The highest BCUT2D eigenvalue weighted by molar-refractivity contribution is 5.44. The Morgan fingerprint density at radius 2 is 2.33 bits per heavy atom. The minimum atomic E-state index is 0.151. The molecule has 2 rings (SSSR count). The van der Waals surface area contributed by atoms with Crippen molar-refractivity contribution in [1.29, 1.82) is 0 Å². The molecule has 0 bridgehead atoms. The van der Waals surface area contributed by atoms with Crippen LogP contribution in [0.25, 0.3) is 0 Å². The van der Waals surface area contributed by atoms with E-state index in [1.54, 1.807) is 13.2 Å². The molecule has 0 saturated carbocycles. The van der Waals surface area contributed by atoms with Gasteiger partial charge in [0.25, 0.3) is 0 Å². The molecule has 0 fully saturated rings. The van der Waals surface area contributed by atoms with E-state index in [1.165, 1.54) is 5.56 Å². The van der Waals surface area contributed by atoms with Crippen LogP contribution in [0.1, 0.15) is 30.0 Å². The number of phenols is 1. The van der Waals surface area contributed by atoms with E-state index in [4.69, 9.17) is 9.84 Å². The second kappa shape index (κ2) is 6.18. The minimum Gasteiger partial charge on any atom is -0.508 e. The Hall–Kier alpha value is -1.10. The predicted molar refractivity (Wildman–Crippen MR) is 69.7 cm³/mol. The van der Waals surface area contributed by atoms with Gasteiger partial charge in [0.2, 0.25) is 0 Å². The molecule has 0 saturated heterocycles. The van der Waals surface area contributed by atoms with Crippen LogP contribution in [0.2, 0.25) is 0 Å². The number of aliphatic hydroxyl groups is 1. The highest BCUT2D eigenvalue weighted by atomic mass is 16.5. The smallest absolute Gasteiger partial charge is 0.119 e. The first-order valence-electron chi connectivity index (χ1n) is 6.43. The molecular formula is C14H21NO3. The van der Waals surface area contributed by atoms with Crippen LogP contribution in [0.5, 0.6) is 5.75 Å². The molecule has 0 heterocycles. The summed E-state index contributed by atoms with van der Waals surface area (Å²) in [6, 6.07) is 6.08. The van der Waals surface area contributed by atoms with Crippen molar-refractivity contribution in [3.05, 3.63) is 29.3 Å². The highest BCUT2D eigenvalue weighted by Gasteiger charge is 2.26. The lowest BCUT2D eigenvalue weighted by atomic mass is 10.1. The van der Waals surface area contributed by atoms with Gasteiger partial charge in [-0.2, -0.15) is 0 Å². The van der Waals surface area contributed by atoms with E-state index in [0.717, 1.165) is 18.4 Å². The average Bonchev–Trinajstić information content (AvgIpc) is 2.75. The van der Waals surface area contributed by atoms with Crippen molar-refractivity contribution in [3.8, 4) is 5.75 Å². The van der Waals surface area contributed by atoms with Crippen LogP contribution in [0, 0.1) is 0 Å². The zero-order valence-electron chi connectivity index (χ0n) is 10.7. The summed E-state index contributed by atoms with van der Waals surface area (Å²) in [7, 11) is 1.67. The quantitative estimate of drug-likeness (QED) is 0.714. The van der Waals surface area contributed by atoms with E-state index in [0.29, 0.717) is 18.8 Å². The molecule has 0 amide bonds. The van der Waals surface area contributed by atoms with Gasteiger partial charge < -0.3 is 20.3 Å². The molecule has 18 heavy (non-hydrogen) atoms. The van der Waals surface area contributed by atoms with E-state index in [2.05, 4.69) is 11.4 Å². The lowest BCUT2D eigenvalue weighted by Gasteiger charge is -2.22. The molecule has 0 spiro atoms. The average molecular weight is 251 g/mol. The third-order valence-corrected chi connectivity index (χ3v) is 3.53. The summed E-state index contributed by atoms with van der Waals surface area (Å²) in [4.78, 5) is 0. The number of phenolic OH excluding ortho intramolecular Hbond substituents is 1. The molecule has 2 unspecified atom stereocenters. The van der Waals surface area contributed by atoms with E-state index in [9.17, 15) is 5.11 Å². The summed E-state index contributed by atoms with van der Waals surface area (Å²) in [5, 5.41) is 22.3. The largest absolute Gasteiger partial charge is 0.508 e. The van der Waals surface area contributed by atoms with Crippen molar-refractivity contribution in [2.24, 2.45) is 0 Å². The normalized spacial score (nSPS) is 19.8. The molecule has 1 aliphatic rings. The van der Waals surface area contributed by atoms with Crippen molar-refractivity contribution in [2.75, 3.05) is 20.3 Å². The number of hydrogen-bond acceptors (Lipinski definition) is 4. The second-order valence-electron chi connectivity index (χ2n) is 4.77. The number of rotatable bonds is 6. The fraction of sp³-hybridized carbons (Fsp3) is 0.571. The summed E-state index contributed by atoms with van der Waals surface area (Å²) in [5.74, 6) is 0.391. The number of nitrogens with one attached hydrogen (secondary N) is 1. The van der Waals surface area contributed by atoms with Gasteiger partial charge in [-0.15, -0.1) is 0 Å². The monoisotopic (exact) mass is 251 g/mol. The van der Waals surface area contributed by atoms with Crippen LogP contribution in [-0.2, 0) is 11.2 Å². The standard InChI is InChI=1S/C14H21NO3/c1-18-9-10(7-8-16)15-13-6-5-12-11(13)3-2-4-14(12)17/h2-4,10,13,15-17H,5-9H2,1H3. The molecular weight excluding hydrogens is 230 g/mol. The zero-order chi connectivity index (χ0) is 13.0. The molecule has 1 aromatic carbocycles. The van der Waals surface area contributed by atoms with Gasteiger partial charge in [-0.25, -0.2) is 0 Å². The molecule has 0 radical (unpaired) electrons. The Kier molecular flexibility index (Phi) is 4.58. The predicted octanol–water partition coefficient (Wildman–Crippen LogP) is 1.37. The van der Waals surface area contributed by atoms with Crippen LogP contribution in [0.3, 0.4) is 0 Å². The van der Waals surface area contributed by atoms with Crippen LogP contribution in [0.15, 0.2) is 18.2 Å². The molecule has 4 heteroatoms. The lowest BCUT2D eigenvalue weighted by molar-refractivity contribution is 0.142. The van der Waals surface area contributed by atoms with E-state index < -0.39 is 0 Å². The minimum absolute atomic E-state index is 0.151. The SMILES string of the molecule is COCC(CCO)NC1CCc2c(O)cccc21. The Bertz CT molecular complexity index is 389. The maximum Gasteiger partial charge on any atom is 0.119 e. The summed E-state index contributed by atoms with van der Waals surface area (Å²) in [6.07, 6.45) is 2.57. The van der Waals surface area contributed by atoms with Crippen LogP contribution in [0.4, 0.5) is 0 Å². The number of aromatic hydroxyl groups is 1. The molecule has 0 aromatic heterocycles. The summed E-state index contributed by atoms with van der Waals surface area (Å²) < 4.78 is 5.16. The van der Waals surface area contributed by atoms with Gasteiger partial charge in [-0.3, -0.25) is 0 Å². The molecule has 4 nitrogen and oxygen atoms in total. The van der Waals surface area contributed by atoms with Gasteiger partial charge >= 0.3 is 0 Å². The number of benzene rings is 1. The third-order valence-electron chi connectivity index (χ3n) is 3.53. The zero-order valence-corrected chi connectivity index (χ0v) is 10.7. The fourth-order valence-corrected chi connectivity index (χ4v) is 2.66. The maximum absolute atomic E-state index is 9.80. The van der Waals surface area contributed by atoms with E-state index >= 15 is 0 Å². The van der Waals surface area contributed by atoms with E-state index in [-0.39, 0.29) is 18.7 Å². The first-order valence-corrected chi connectivity index (χ1v) is 6.43. The number of ether oxygens (including phenoxy) is 1. The summed E-state index contributed by atoms with van der Waals surface area (Å²) in [6.45, 7) is 0.742. The van der Waals surface area contributed by atoms with Crippen molar-refractivity contribution in [2.45, 2.75) is 31.3 Å². The van der Waals surface area contributed by atoms with Gasteiger partial charge in [0.1, 0.15) is 5.75 Å². The van der Waals surface area contributed by atoms with Gasteiger partial charge in [0.05, 0.1) is 6.61 Å². The van der Waals surface area contributed by atoms with Crippen molar-refractivity contribution in [3.63, 3.8) is 0 Å². The van der Waals surface area contributed by atoms with Crippen LogP contribution < -0.4 is 5.32 Å². The van der Waals surface area contributed by atoms with Crippen molar-refractivity contribution >= 4 is 0 Å². The summed E-state index contributed by atoms with van der Waals surface area (Å²) in [5.41, 5.74) is 2.23. The third kappa shape index (κ3) is 2.83. The Morgan fingerprint density at radius 3 is 3.06 bits per heavy atom. The van der Waals surface area contributed by atoms with Crippen molar-refractivity contribution in [1.82, 2.24) is 5.32 Å². The Balaban J connectivity index is 2.06. The molecule has 1 aliphatic carbocycles. The van der Waals surface area contributed by atoms with Crippen LogP contribution >= 0.6 is 0 Å². The first kappa shape index (κ1) is 13.3. The molecule has 100 valence electrons. The van der Waals surface area contributed by atoms with Gasteiger partial charge in [0, 0.05) is 25.8 Å². The Morgan fingerprint density at radius 1 is 1.50 bits per heavy atom. The number of hydrogen-bond donors (Lipinski definition) is 3. The number of aliphatic hydroxyl groups excluding tert-OH is 1. The van der Waals surface area contributed by atoms with Gasteiger partial charge in [0.15, 0.2) is 0 Å². The highest BCUT2D eigenvalue weighted by Crippen LogP contribution is 2.36. The number of methoxy groups -OCH3 is 1. The molecule has 3 N–H and O–H groups in total. The van der Waals surface area contributed by atoms with E-state index in [1.807, 2.05) is 6.07 Å². The molecule has 2 atom stereocenters. The summed E-state index contributed by atoms with van der Waals surface area (Å²) >= 11 is 0. The fourth-order valence-electron chi connectivity index (χ4n) is 2.66. The van der Waals surface area contributed by atoms with Gasteiger partial charge in [-0.1, -0.05) is 12.1 Å². The lowest BCUT2D eigenvalue weighted by Crippen LogP contribution is -2.36. The Labute approximate surface area is 108 Å². The topological polar surface area (TPSA) is 61.7 Å². The second-order valence-corrected chi connectivity index (χ2v) is 4.77. The first-order chi connectivity index (χ1) is 8.76.